The van der Waals surface area contributed by atoms with Crippen LogP contribution in [-0.2, 0) is 5.88 Å². The van der Waals surface area contributed by atoms with Gasteiger partial charge in [0.25, 0.3) is 0 Å². The van der Waals surface area contributed by atoms with Crippen molar-refractivity contribution in [2.24, 2.45) is 0 Å². The van der Waals surface area contributed by atoms with Gasteiger partial charge in [0, 0.05) is 5.56 Å². The number of rotatable bonds is 2. The Labute approximate surface area is 112 Å². The standard InChI is InChI=1S/C11H10BrClFN3/c1-6-10(12)7(2)17(16-6)11-8(4-13)3-9(14)5-15-11/h3,5H,4H2,1-2H3. The van der Waals surface area contributed by atoms with Gasteiger partial charge in [-0.05, 0) is 35.8 Å². The van der Waals surface area contributed by atoms with Gasteiger partial charge in [-0.3, -0.25) is 0 Å². The first kappa shape index (κ1) is 12.5. The van der Waals surface area contributed by atoms with Crippen LogP contribution in [0.15, 0.2) is 16.7 Å². The maximum atomic E-state index is 13.1. The van der Waals surface area contributed by atoms with Crippen molar-refractivity contribution in [1.82, 2.24) is 14.8 Å². The topological polar surface area (TPSA) is 30.7 Å². The highest BCUT2D eigenvalue weighted by atomic mass is 79.9. The second kappa shape index (κ2) is 4.74. The predicted molar refractivity (Wildman–Crippen MR) is 68.0 cm³/mol. The highest BCUT2D eigenvalue weighted by Gasteiger charge is 2.14. The normalized spacial score (nSPS) is 10.9. The summed E-state index contributed by atoms with van der Waals surface area (Å²) in [6, 6.07) is 1.37. The third-order valence-corrected chi connectivity index (χ3v) is 3.89. The summed E-state index contributed by atoms with van der Waals surface area (Å²) in [6.07, 6.45) is 1.16. The van der Waals surface area contributed by atoms with Gasteiger partial charge in [-0.1, -0.05) is 0 Å². The largest absolute Gasteiger partial charge is 0.234 e. The van der Waals surface area contributed by atoms with Gasteiger partial charge < -0.3 is 0 Å². The van der Waals surface area contributed by atoms with Crippen LogP contribution in [0.5, 0.6) is 0 Å². The number of nitrogens with zero attached hydrogens (tertiary/aromatic N) is 3. The minimum atomic E-state index is -0.398. The van der Waals surface area contributed by atoms with Crippen LogP contribution < -0.4 is 0 Å². The highest BCUT2D eigenvalue weighted by molar-refractivity contribution is 9.10. The second-order valence-electron chi connectivity index (χ2n) is 3.67. The average molecular weight is 319 g/mol. The first-order chi connectivity index (χ1) is 8.04. The summed E-state index contributed by atoms with van der Waals surface area (Å²) >= 11 is 9.23. The van der Waals surface area contributed by atoms with Gasteiger partial charge in [0.2, 0.25) is 0 Å². The van der Waals surface area contributed by atoms with E-state index in [2.05, 4.69) is 26.0 Å². The number of aryl methyl sites for hydroxylation is 1. The molecular weight excluding hydrogens is 308 g/mol. The quantitative estimate of drug-likeness (QED) is 0.793. The number of halogens is 3. The van der Waals surface area contributed by atoms with Crippen molar-refractivity contribution in [3.05, 3.63) is 39.5 Å². The number of hydrogen-bond acceptors (Lipinski definition) is 2. The smallest absolute Gasteiger partial charge is 0.158 e. The summed E-state index contributed by atoms with van der Waals surface area (Å²) < 4.78 is 15.7. The molecule has 3 nitrogen and oxygen atoms in total. The van der Waals surface area contributed by atoms with E-state index in [-0.39, 0.29) is 5.88 Å². The molecule has 0 N–H and O–H groups in total. The van der Waals surface area contributed by atoms with Crippen LogP contribution in [0.3, 0.4) is 0 Å². The van der Waals surface area contributed by atoms with Crippen LogP contribution in [0.2, 0.25) is 0 Å². The minimum Gasteiger partial charge on any atom is -0.234 e. The lowest BCUT2D eigenvalue weighted by molar-refractivity contribution is 0.616. The van der Waals surface area contributed by atoms with Crippen LogP contribution >= 0.6 is 27.5 Å². The van der Waals surface area contributed by atoms with Gasteiger partial charge in [-0.15, -0.1) is 11.6 Å². The van der Waals surface area contributed by atoms with Crippen molar-refractivity contribution in [2.75, 3.05) is 0 Å². The number of hydrogen-bond donors (Lipinski definition) is 0. The molecule has 0 aromatic carbocycles. The molecule has 0 aliphatic carbocycles. The molecule has 0 saturated heterocycles. The fraction of sp³-hybridized carbons (Fsp3) is 0.273. The van der Waals surface area contributed by atoms with E-state index in [9.17, 15) is 4.39 Å². The zero-order valence-electron chi connectivity index (χ0n) is 9.34. The summed E-state index contributed by atoms with van der Waals surface area (Å²) in [7, 11) is 0. The van der Waals surface area contributed by atoms with Crippen LogP contribution in [0.4, 0.5) is 4.39 Å². The fourth-order valence-electron chi connectivity index (χ4n) is 1.59. The first-order valence-electron chi connectivity index (χ1n) is 4.97. The second-order valence-corrected chi connectivity index (χ2v) is 4.73. The van der Waals surface area contributed by atoms with Crippen molar-refractivity contribution < 1.29 is 4.39 Å². The molecule has 0 spiro atoms. The van der Waals surface area contributed by atoms with Gasteiger partial charge in [0.1, 0.15) is 5.82 Å². The molecule has 2 aromatic heterocycles. The van der Waals surface area contributed by atoms with Crippen molar-refractivity contribution in [3.63, 3.8) is 0 Å². The Bertz CT molecular complexity index is 568. The zero-order valence-corrected chi connectivity index (χ0v) is 11.7. The van der Waals surface area contributed by atoms with E-state index in [0.717, 1.165) is 22.1 Å². The van der Waals surface area contributed by atoms with E-state index in [1.54, 1.807) is 4.68 Å². The van der Waals surface area contributed by atoms with Gasteiger partial charge in [-0.25, -0.2) is 14.1 Å². The van der Waals surface area contributed by atoms with Gasteiger partial charge in [0.15, 0.2) is 5.82 Å². The fourth-order valence-corrected chi connectivity index (χ4v) is 2.04. The van der Waals surface area contributed by atoms with E-state index in [1.807, 2.05) is 13.8 Å². The van der Waals surface area contributed by atoms with E-state index < -0.39 is 5.82 Å². The summed E-state index contributed by atoms with van der Waals surface area (Å²) in [5, 5.41) is 4.34. The van der Waals surface area contributed by atoms with Gasteiger partial charge >= 0.3 is 0 Å². The third kappa shape index (κ3) is 2.21. The summed E-state index contributed by atoms with van der Waals surface area (Å²) in [5.74, 6) is 0.355. The Morgan fingerprint density at radius 2 is 2.18 bits per heavy atom. The molecule has 0 unspecified atom stereocenters. The molecule has 0 aliphatic heterocycles. The Balaban J connectivity index is 2.64. The van der Waals surface area contributed by atoms with Crippen LogP contribution in [0.25, 0.3) is 5.82 Å². The third-order valence-electron chi connectivity index (χ3n) is 2.46. The van der Waals surface area contributed by atoms with E-state index in [1.165, 1.54) is 6.07 Å². The molecule has 0 atom stereocenters. The molecule has 2 rings (SSSR count). The summed E-state index contributed by atoms with van der Waals surface area (Å²) in [6.45, 7) is 3.80. The minimum absolute atomic E-state index is 0.191. The maximum absolute atomic E-state index is 13.1. The zero-order chi connectivity index (χ0) is 12.6. The molecule has 0 radical (unpaired) electrons. The Kier molecular flexibility index (Phi) is 3.49. The molecule has 90 valence electrons. The molecule has 6 heteroatoms. The molecule has 2 aromatic rings. The maximum Gasteiger partial charge on any atom is 0.158 e. The predicted octanol–water partition coefficient (Wildman–Crippen LogP) is 3.52. The van der Waals surface area contributed by atoms with Crippen molar-refractivity contribution in [2.45, 2.75) is 19.7 Å². The summed E-state index contributed by atoms with van der Waals surface area (Å²) in [5.41, 5.74) is 2.38. The molecule has 0 saturated carbocycles. The Hall–Kier alpha value is -0.940. The van der Waals surface area contributed by atoms with Crippen molar-refractivity contribution in [1.29, 1.82) is 0 Å². The molecule has 2 heterocycles. The lowest BCUT2D eigenvalue weighted by Gasteiger charge is -2.07. The molecule has 0 aliphatic rings. The van der Waals surface area contributed by atoms with Gasteiger partial charge in [-0.2, -0.15) is 5.10 Å². The van der Waals surface area contributed by atoms with E-state index >= 15 is 0 Å². The monoisotopic (exact) mass is 317 g/mol. The lowest BCUT2D eigenvalue weighted by Crippen LogP contribution is -2.06. The Morgan fingerprint density at radius 3 is 2.71 bits per heavy atom. The van der Waals surface area contributed by atoms with Crippen LogP contribution in [-0.4, -0.2) is 14.8 Å². The lowest BCUT2D eigenvalue weighted by atomic mass is 10.3. The molecule has 17 heavy (non-hydrogen) atoms. The summed E-state index contributed by atoms with van der Waals surface area (Å²) in [4.78, 5) is 4.05. The Morgan fingerprint density at radius 1 is 1.47 bits per heavy atom. The van der Waals surface area contributed by atoms with Crippen molar-refractivity contribution in [3.8, 4) is 5.82 Å². The van der Waals surface area contributed by atoms with Crippen LogP contribution in [0, 0.1) is 19.7 Å². The average Bonchev–Trinajstić information content (AvgIpc) is 2.57. The molecule has 0 fully saturated rings. The number of alkyl halides is 1. The van der Waals surface area contributed by atoms with Crippen molar-refractivity contribution >= 4 is 27.5 Å². The number of aromatic nitrogens is 3. The van der Waals surface area contributed by atoms with E-state index in [0.29, 0.717) is 11.4 Å². The van der Waals surface area contributed by atoms with E-state index in [4.69, 9.17) is 11.6 Å². The SMILES string of the molecule is Cc1nn(-c2ncc(F)cc2CCl)c(C)c1Br. The van der Waals surface area contributed by atoms with Gasteiger partial charge in [0.05, 0.1) is 27.9 Å². The highest BCUT2D eigenvalue weighted by Crippen LogP contribution is 2.24. The first-order valence-corrected chi connectivity index (χ1v) is 6.29. The molecular formula is C11H10BrClFN3. The number of pyridine rings is 1. The molecule has 0 bridgehead atoms. The van der Waals surface area contributed by atoms with Crippen LogP contribution in [0.1, 0.15) is 17.0 Å². The molecule has 0 amide bonds.